The molecule has 1 atom stereocenters. The standard InChI is InChI=1S/C14H20N2O3/c1-10(14(18)19-4)9-16(3)13(17)11-7-5-6-8-12(11)15-2/h5-8,10,15H,9H2,1-4H3. The van der Waals surface area contributed by atoms with Crippen molar-refractivity contribution in [2.24, 2.45) is 5.92 Å². The molecule has 1 aromatic carbocycles. The van der Waals surface area contributed by atoms with Crippen molar-refractivity contribution in [3.63, 3.8) is 0 Å². The molecule has 5 heteroatoms. The number of carbonyl (C=O) groups is 2. The third-order valence-corrected chi connectivity index (χ3v) is 2.92. The quantitative estimate of drug-likeness (QED) is 0.821. The van der Waals surface area contributed by atoms with Gasteiger partial charge in [-0.25, -0.2) is 0 Å². The van der Waals surface area contributed by atoms with Crippen molar-refractivity contribution < 1.29 is 14.3 Å². The molecule has 1 unspecified atom stereocenters. The number of rotatable bonds is 5. The lowest BCUT2D eigenvalue weighted by atomic mass is 10.1. The van der Waals surface area contributed by atoms with Gasteiger partial charge in [0.05, 0.1) is 18.6 Å². The fraction of sp³-hybridized carbons (Fsp3) is 0.429. The minimum atomic E-state index is -0.347. The van der Waals surface area contributed by atoms with E-state index in [-0.39, 0.29) is 17.8 Å². The smallest absolute Gasteiger partial charge is 0.310 e. The SMILES string of the molecule is CNc1ccccc1C(=O)N(C)CC(C)C(=O)OC. The summed E-state index contributed by atoms with van der Waals surface area (Å²) in [7, 11) is 4.79. The maximum Gasteiger partial charge on any atom is 0.310 e. The van der Waals surface area contributed by atoms with Crippen LogP contribution in [0, 0.1) is 5.92 Å². The van der Waals surface area contributed by atoms with E-state index >= 15 is 0 Å². The number of nitrogens with one attached hydrogen (secondary N) is 1. The van der Waals surface area contributed by atoms with Crippen molar-refractivity contribution in [3.8, 4) is 0 Å². The van der Waals surface area contributed by atoms with E-state index in [0.29, 0.717) is 12.1 Å². The number of hydrogen-bond donors (Lipinski definition) is 1. The highest BCUT2D eigenvalue weighted by molar-refractivity contribution is 5.99. The molecule has 0 saturated heterocycles. The van der Waals surface area contributed by atoms with E-state index in [2.05, 4.69) is 10.1 Å². The summed E-state index contributed by atoms with van der Waals surface area (Å²) in [6.07, 6.45) is 0. The number of benzene rings is 1. The molecule has 0 fully saturated rings. The highest BCUT2D eigenvalue weighted by Gasteiger charge is 2.20. The zero-order valence-electron chi connectivity index (χ0n) is 11.8. The third kappa shape index (κ3) is 3.71. The lowest BCUT2D eigenvalue weighted by Gasteiger charge is -2.21. The summed E-state index contributed by atoms with van der Waals surface area (Å²) in [4.78, 5) is 25.2. The van der Waals surface area contributed by atoms with Gasteiger partial charge in [0.15, 0.2) is 0 Å². The highest BCUT2D eigenvalue weighted by atomic mass is 16.5. The van der Waals surface area contributed by atoms with Gasteiger partial charge in [-0.2, -0.15) is 0 Å². The third-order valence-electron chi connectivity index (χ3n) is 2.92. The number of para-hydroxylation sites is 1. The average Bonchev–Trinajstić information content (AvgIpc) is 2.45. The lowest BCUT2D eigenvalue weighted by Crippen LogP contribution is -2.34. The van der Waals surface area contributed by atoms with Crippen LogP contribution in [0.4, 0.5) is 5.69 Å². The monoisotopic (exact) mass is 264 g/mol. The van der Waals surface area contributed by atoms with Gasteiger partial charge in [0.25, 0.3) is 5.91 Å². The number of nitrogens with zero attached hydrogens (tertiary/aromatic N) is 1. The highest BCUT2D eigenvalue weighted by Crippen LogP contribution is 2.16. The molecular weight excluding hydrogens is 244 g/mol. The normalized spacial score (nSPS) is 11.6. The molecule has 0 radical (unpaired) electrons. The predicted octanol–water partition coefficient (Wildman–Crippen LogP) is 1.61. The molecule has 19 heavy (non-hydrogen) atoms. The Morgan fingerprint density at radius 3 is 2.58 bits per heavy atom. The summed E-state index contributed by atoms with van der Waals surface area (Å²) in [5.41, 5.74) is 1.36. The molecule has 1 rings (SSSR count). The van der Waals surface area contributed by atoms with Crippen molar-refractivity contribution in [2.75, 3.05) is 33.1 Å². The summed E-state index contributed by atoms with van der Waals surface area (Å²) in [5, 5.41) is 2.98. The van der Waals surface area contributed by atoms with Crippen LogP contribution in [0.5, 0.6) is 0 Å². The molecule has 0 spiro atoms. The van der Waals surface area contributed by atoms with Gasteiger partial charge in [0, 0.05) is 26.3 Å². The van der Waals surface area contributed by atoms with Crippen LogP contribution in [0.2, 0.25) is 0 Å². The maximum atomic E-state index is 12.3. The molecule has 0 heterocycles. The van der Waals surface area contributed by atoms with Crippen molar-refractivity contribution in [1.29, 1.82) is 0 Å². The zero-order chi connectivity index (χ0) is 14.4. The number of hydrogen-bond acceptors (Lipinski definition) is 4. The molecule has 1 aromatic rings. The van der Waals surface area contributed by atoms with Crippen LogP contribution in [0.1, 0.15) is 17.3 Å². The first-order valence-corrected chi connectivity index (χ1v) is 6.11. The summed E-state index contributed by atoms with van der Waals surface area (Å²) in [6, 6.07) is 7.27. The number of carbonyl (C=O) groups excluding carboxylic acids is 2. The molecule has 0 bridgehead atoms. The number of methoxy groups -OCH3 is 1. The first-order valence-electron chi connectivity index (χ1n) is 6.11. The predicted molar refractivity (Wildman–Crippen MR) is 74.1 cm³/mol. The fourth-order valence-electron chi connectivity index (χ4n) is 1.86. The second-order valence-electron chi connectivity index (χ2n) is 4.41. The van der Waals surface area contributed by atoms with Crippen LogP contribution in [0.3, 0.4) is 0 Å². The van der Waals surface area contributed by atoms with Gasteiger partial charge >= 0.3 is 5.97 Å². The average molecular weight is 264 g/mol. The molecule has 1 N–H and O–H groups in total. The van der Waals surface area contributed by atoms with Gasteiger partial charge in [0.1, 0.15) is 0 Å². The van der Waals surface area contributed by atoms with E-state index in [1.807, 2.05) is 18.2 Å². The van der Waals surface area contributed by atoms with E-state index in [1.54, 1.807) is 27.1 Å². The van der Waals surface area contributed by atoms with Gasteiger partial charge in [0.2, 0.25) is 0 Å². The molecule has 0 aromatic heterocycles. The Balaban J connectivity index is 2.79. The topological polar surface area (TPSA) is 58.6 Å². The summed E-state index contributed by atoms with van der Waals surface area (Å²) < 4.78 is 4.65. The maximum absolute atomic E-state index is 12.3. The molecule has 5 nitrogen and oxygen atoms in total. The molecule has 1 amide bonds. The molecule has 0 aliphatic heterocycles. The van der Waals surface area contributed by atoms with Crippen molar-refractivity contribution in [2.45, 2.75) is 6.92 Å². The summed E-state index contributed by atoms with van der Waals surface area (Å²) in [6.45, 7) is 2.06. The van der Waals surface area contributed by atoms with E-state index in [9.17, 15) is 9.59 Å². The molecule has 0 saturated carbocycles. The minimum Gasteiger partial charge on any atom is -0.469 e. The van der Waals surface area contributed by atoms with Crippen LogP contribution >= 0.6 is 0 Å². The summed E-state index contributed by atoms with van der Waals surface area (Å²) in [5.74, 6) is -0.789. The number of esters is 1. The number of anilines is 1. The van der Waals surface area contributed by atoms with Gasteiger partial charge in [-0.05, 0) is 12.1 Å². The van der Waals surface area contributed by atoms with Gasteiger partial charge in [-0.3, -0.25) is 9.59 Å². The minimum absolute atomic E-state index is 0.124. The van der Waals surface area contributed by atoms with E-state index in [4.69, 9.17) is 0 Å². The van der Waals surface area contributed by atoms with Gasteiger partial charge in [-0.15, -0.1) is 0 Å². The zero-order valence-corrected chi connectivity index (χ0v) is 11.8. The van der Waals surface area contributed by atoms with E-state index in [0.717, 1.165) is 5.69 Å². The first-order chi connectivity index (χ1) is 9.01. The van der Waals surface area contributed by atoms with Crippen LogP contribution < -0.4 is 5.32 Å². The lowest BCUT2D eigenvalue weighted by molar-refractivity contribution is -0.145. The molecular formula is C14H20N2O3. The Bertz CT molecular complexity index is 460. The van der Waals surface area contributed by atoms with Crippen LogP contribution in [0.15, 0.2) is 24.3 Å². The first kappa shape index (κ1) is 15.0. The van der Waals surface area contributed by atoms with Crippen LogP contribution in [0.25, 0.3) is 0 Å². The molecule has 0 aliphatic rings. The van der Waals surface area contributed by atoms with Crippen molar-refractivity contribution in [3.05, 3.63) is 29.8 Å². The Morgan fingerprint density at radius 2 is 2.00 bits per heavy atom. The Labute approximate surface area is 113 Å². The van der Waals surface area contributed by atoms with Crippen LogP contribution in [-0.4, -0.2) is 44.5 Å². The van der Waals surface area contributed by atoms with Crippen molar-refractivity contribution >= 4 is 17.6 Å². The van der Waals surface area contributed by atoms with E-state index < -0.39 is 0 Å². The van der Waals surface area contributed by atoms with Crippen molar-refractivity contribution in [1.82, 2.24) is 4.90 Å². The Hall–Kier alpha value is -2.04. The van der Waals surface area contributed by atoms with Crippen LogP contribution in [-0.2, 0) is 9.53 Å². The second kappa shape index (κ2) is 6.78. The van der Waals surface area contributed by atoms with Gasteiger partial charge in [-0.1, -0.05) is 19.1 Å². The number of ether oxygens (including phenoxy) is 1. The second-order valence-corrected chi connectivity index (χ2v) is 4.41. The fourth-order valence-corrected chi connectivity index (χ4v) is 1.86. The Morgan fingerprint density at radius 1 is 1.37 bits per heavy atom. The van der Waals surface area contributed by atoms with E-state index in [1.165, 1.54) is 12.0 Å². The Kier molecular flexibility index (Phi) is 5.36. The van der Waals surface area contributed by atoms with Gasteiger partial charge < -0.3 is 15.0 Å². The molecule has 0 aliphatic carbocycles. The number of amides is 1. The summed E-state index contributed by atoms with van der Waals surface area (Å²) >= 11 is 0. The largest absolute Gasteiger partial charge is 0.469 e. The molecule has 104 valence electrons.